The maximum absolute atomic E-state index is 11.0. The molecule has 2 aromatic rings. The first-order valence-electron chi connectivity index (χ1n) is 11.2. The molecule has 7 heteroatoms. The molecule has 0 radical (unpaired) electrons. The van der Waals surface area contributed by atoms with Gasteiger partial charge in [-0.3, -0.25) is 0 Å². The molecule has 3 rings (SSSR count). The summed E-state index contributed by atoms with van der Waals surface area (Å²) in [7, 11) is 0. The quantitative estimate of drug-likeness (QED) is 0.269. The first-order valence-corrected chi connectivity index (χ1v) is 11.2. The zero-order valence-corrected chi connectivity index (χ0v) is 22.3. The van der Waals surface area contributed by atoms with Crippen molar-refractivity contribution in [2.45, 2.75) is 58.5 Å². The van der Waals surface area contributed by atoms with Crippen molar-refractivity contribution in [1.29, 1.82) is 0 Å². The second-order valence-electron chi connectivity index (χ2n) is 8.86. The smallest absolute Gasteiger partial charge is 0.191 e. The van der Waals surface area contributed by atoms with Crippen LogP contribution in [-0.2, 0) is 15.8 Å². The van der Waals surface area contributed by atoms with Crippen molar-refractivity contribution < 1.29 is 14.3 Å². The van der Waals surface area contributed by atoms with Crippen LogP contribution in [-0.4, -0.2) is 43.9 Å². The Kier molecular flexibility index (Phi) is 9.60. The molecule has 0 aliphatic carbocycles. The van der Waals surface area contributed by atoms with Gasteiger partial charge in [0, 0.05) is 37.3 Å². The summed E-state index contributed by atoms with van der Waals surface area (Å²) in [5.74, 6) is 2.23. The van der Waals surface area contributed by atoms with E-state index in [1.165, 1.54) is 11.1 Å². The van der Waals surface area contributed by atoms with Crippen LogP contribution in [0.1, 0.15) is 54.9 Å². The van der Waals surface area contributed by atoms with Gasteiger partial charge in [0.1, 0.15) is 17.1 Å². The molecule has 2 heterocycles. The van der Waals surface area contributed by atoms with Gasteiger partial charge in [0.05, 0.1) is 6.54 Å². The van der Waals surface area contributed by atoms with Crippen LogP contribution in [0.4, 0.5) is 0 Å². The number of rotatable bonds is 7. The van der Waals surface area contributed by atoms with Gasteiger partial charge < -0.3 is 24.9 Å². The SMILES string of the molecule is CCNC(=NCC(C)(O)c1cc(C)oc1C)NCC1(c2ccccc2C)CCOCC1.I. The Morgan fingerprint density at radius 2 is 1.84 bits per heavy atom. The predicted octanol–water partition coefficient (Wildman–Crippen LogP) is 4.33. The van der Waals surface area contributed by atoms with Crippen LogP contribution >= 0.6 is 24.0 Å². The number of ether oxygens (including phenoxy) is 1. The van der Waals surface area contributed by atoms with E-state index in [2.05, 4.69) is 41.8 Å². The van der Waals surface area contributed by atoms with Crippen LogP contribution in [0.3, 0.4) is 0 Å². The molecular weight excluding hydrogens is 517 g/mol. The summed E-state index contributed by atoms with van der Waals surface area (Å²) in [6, 6.07) is 10.5. The van der Waals surface area contributed by atoms with Gasteiger partial charge >= 0.3 is 0 Å². The topological polar surface area (TPSA) is 79.0 Å². The average molecular weight is 556 g/mol. The van der Waals surface area contributed by atoms with Gasteiger partial charge in [-0.25, -0.2) is 4.99 Å². The van der Waals surface area contributed by atoms with Crippen molar-refractivity contribution in [3.8, 4) is 0 Å². The third-order valence-electron chi connectivity index (χ3n) is 6.27. The lowest BCUT2D eigenvalue weighted by Gasteiger charge is -2.39. The average Bonchev–Trinajstić information content (AvgIpc) is 3.10. The molecule has 1 aromatic heterocycles. The van der Waals surface area contributed by atoms with Crippen LogP contribution in [0, 0.1) is 20.8 Å². The summed E-state index contributed by atoms with van der Waals surface area (Å²) < 4.78 is 11.3. The highest BCUT2D eigenvalue weighted by molar-refractivity contribution is 14.0. The lowest BCUT2D eigenvalue weighted by atomic mass is 9.72. The molecule has 0 bridgehead atoms. The zero-order valence-electron chi connectivity index (χ0n) is 20.0. The maximum atomic E-state index is 11.0. The number of nitrogens with zero attached hydrogens (tertiary/aromatic N) is 1. The number of nitrogens with one attached hydrogen (secondary N) is 2. The van der Waals surface area contributed by atoms with Crippen molar-refractivity contribution in [2.75, 3.05) is 32.8 Å². The molecule has 178 valence electrons. The number of aliphatic hydroxyl groups is 1. The zero-order chi connectivity index (χ0) is 22.5. The van der Waals surface area contributed by atoms with Crippen molar-refractivity contribution >= 4 is 29.9 Å². The van der Waals surface area contributed by atoms with Crippen molar-refractivity contribution in [3.05, 3.63) is 58.5 Å². The van der Waals surface area contributed by atoms with E-state index < -0.39 is 5.60 Å². The summed E-state index contributed by atoms with van der Waals surface area (Å²) >= 11 is 0. The lowest BCUT2D eigenvalue weighted by Crippen LogP contribution is -2.48. The molecule has 3 N–H and O–H groups in total. The molecule has 1 saturated heterocycles. The van der Waals surface area contributed by atoms with Crippen LogP contribution < -0.4 is 10.6 Å². The molecule has 1 unspecified atom stereocenters. The van der Waals surface area contributed by atoms with Gasteiger partial charge in [-0.2, -0.15) is 0 Å². The summed E-state index contributed by atoms with van der Waals surface area (Å²) in [5, 5.41) is 17.9. The molecule has 6 nitrogen and oxygen atoms in total. The second-order valence-corrected chi connectivity index (χ2v) is 8.86. The molecule has 1 aromatic carbocycles. The minimum absolute atomic E-state index is 0. The fraction of sp³-hybridized carbons (Fsp3) is 0.560. The lowest BCUT2D eigenvalue weighted by molar-refractivity contribution is 0.0511. The van der Waals surface area contributed by atoms with Gasteiger partial charge in [-0.15, -0.1) is 24.0 Å². The number of hydrogen-bond acceptors (Lipinski definition) is 4. The number of furan rings is 1. The Labute approximate surface area is 209 Å². The number of aryl methyl sites for hydroxylation is 3. The molecule has 1 aliphatic heterocycles. The first-order chi connectivity index (χ1) is 14.8. The highest BCUT2D eigenvalue weighted by Crippen LogP contribution is 2.36. The van der Waals surface area contributed by atoms with Crippen LogP contribution in [0.2, 0.25) is 0 Å². The number of hydrogen-bond donors (Lipinski definition) is 3. The van der Waals surface area contributed by atoms with E-state index in [1.54, 1.807) is 6.92 Å². The van der Waals surface area contributed by atoms with E-state index in [0.29, 0.717) is 5.96 Å². The maximum Gasteiger partial charge on any atom is 0.191 e. The third-order valence-corrected chi connectivity index (χ3v) is 6.27. The molecule has 0 amide bonds. The fourth-order valence-corrected chi connectivity index (χ4v) is 4.55. The minimum atomic E-state index is -1.10. The third kappa shape index (κ3) is 6.26. The summed E-state index contributed by atoms with van der Waals surface area (Å²) in [6.07, 6.45) is 1.94. The Bertz CT molecular complexity index is 902. The summed E-state index contributed by atoms with van der Waals surface area (Å²) in [6.45, 7) is 13.0. The van der Waals surface area contributed by atoms with E-state index in [-0.39, 0.29) is 35.9 Å². The molecule has 32 heavy (non-hydrogen) atoms. The normalized spacial score (nSPS) is 17.9. The van der Waals surface area contributed by atoms with Gasteiger partial charge in [0.2, 0.25) is 0 Å². The number of halogens is 1. The van der Waals surface area contributed by atoms with Gasteiger partial charge in [0.15, 0.2) is 5.96 Å². The first kappa shape index (κ1) is 26.7. The number of guanidine groups is 1. The highest BCUT2D eigenvalue weighted by atomic mass is 127. The van der Waals surface area contributed by atoms with Gasteiger partial charge in [0.25, 0.3) is 0 Å². The van der Waals surface area contributed by atoms with Crippen LogP contribution in [0.15, 0.2) is 39.7 Å². The predicted molar refractivity (Wildman–Crippen MR) is 140 cm³/mol. The van der Waals surface area contributed by atoms with E-state index >= 15 is 0 Å². The largest absolute Gasteiger partial charge is 0.466 e. The number of benzene rings is 1. The number of aliphatic imine (C=N–C) groups is 1. The molecule has 1 fully saturated rings. The molecular formula is C25H38IN3O3. The van der Waals surface area contributed by atoms with E-state index in [0.717, 1.165) is 56.2 Å². The molecule has 1 aliphatic rings. The monoisotopic (exact) mass is 555 g/mol. The van der Waals surface area contributed by atoms with E-state index in [9.17, 15) is 5.11 Å². The highest BCUT2D eigenvalue weighted by Gasteiger charge is 2.36. The molecule has 0 spiro atoms. The summed E-state index contributed by atoms with van der Waals surface area (Å²) in [5.41, 5.74) is 2.36. The van der Waals surface area contributed by atoms with E-state index in [4.69, 9.17) is 14.1 Å². The van der Waals surface area contributed by atoms with Gasteiger partial charge in [-0.1, -0.05) is 24.3 Å². The fourth-order valence-electron chi connectivity index (χ4n) is 4.55. The minimum Gasteiger partial charge on any atom is -0.466 e. The Balaban J connectivity index is 0.00000363. The van der Waals surface area contributed by atoms with Gasteiger partial charge in [-0.05, 0) is 64.7 Å². The second kappa shape index (κ2) is 11.5. The molecule has 0 saturated carbocycles. The molecule has 1 atom stereocenters. The Morgan fingerprint density at radius 3 is 2.44 bits per heavy atom. The Hall–Kier alpha value is -1.58. The van der Waals surface area contributed by atoms with Crippen molar-refractivity contribution in [2.24, 2.45) is 4.99 Å². The standard InChI is InChI=1S/C25H37N3O3.HI/c1-6-26-23(27-16-24(5,29)22-15-19(3)31-20(22)4)28-17-25(11-13-30-14-12-25)21-10-8-7-9-18(21)2;/h7-10,15,29H,6,11-14,16-17H2,1-5H3,(H2,26,27,28);1H. The summed E-state index contributed by atoms with van der Waals surface area (Å²) in [4.78, 5) is 4.72. The Morgan fingerprint density at radius 1 is 1.16 bits per heavy atom. The van der Waals surface area contributed by atoms with Crippen molar-refractivity contribution in [3.63, 3.8) is 0 Å². The van der Waals surface area contributed by atoms with E-state index in [1.807, 2.05) is 26.8 Å². The van der Waals surface area contributed by atoms with Crippen LogP contribution in [0.5, 0.6) is 0 Å². The van der Waals surface area contributed by atoms with Crippen LogP contribution in [0.25, 0.3) is 0 Å². The van der Waals surface area contributed by atoms with Crippen molar-refractivity contribution in [1.82, 2.24) is 10.6 Å².